The smallest absolute Gasteiger partial charge is 0.0124 e. The number of halogens is 1. The number of benzene rings is 1. The third-order valence-corrected chi connectivity index (χ3v) is 4.25. The SMILES string of the molecule is CC(C)N1CC2CC2(c2ccccc2)C1.Cl. The zero-order chi connectivity index (χ0) is 10.5. The summed E-state index contributed by atoms with van der Waals surface area (Å²) in [6, 6.07) is 11.8. The van der Waals surface area contributed by atoms with Gasteiger partial charge < -0.3 is 0 Å². The average Bonchev–Trinajstić information content (AvgIpc) is 2.83. The molecule has 0 amide bonds. The van der Waals surface area contributed by atoms with Crippen molar-refractivity contribution < 1.29 is 0 Å². The summed E-state index contributed by atoms with van der Waals surface area (Å²) in [4.78, 5) is 2.63. The van der Waals surface area contributed by atoms with Gasteiger partial charge in [0.15, 0.2) is 0 Å². The molecule has 0 aromatic heterocycles. The van der Waals surface area contributed by atoms with Crippen LogP contribution in [-0.2, 0) is 5.41 Å². The number of rotatable bonds is 2. The van der Waals surface area contributed by atoms with Gasteiger partial charge in [-0.2, -0.15) is 0 Å². The number of nitrogens with zero attached hydrogens (tertiary/aromatic N) is 1. The van der Waals surface area contributed by atoms with Crippen molar-refractivity contribution in [3.8, 4) is 0 Å². The van der Waals surface area contributed by atoms with Crippen LogP contribution < -0.4 is 0 Å². The Morgan fingerprint density at radius 2 is 1.94 bits per heavy atom. The largest absolute Gasteiger partial charge is 0.300 e. The van der Waals surface area contributed by atoms with Crippen LogP contribution in [0, 0.1) is 5.92 Å². The first-order chi connectivity index (χ1) is 7.22. The van der Waals surface area contributed by atoms with Crippen molar-refractivity contribution >= 4 is 12.4 Å². The van der Waals surface area contributed by atoms with E-state index in [0.717, 1.165) is 5.92 Å². The van der Waals surface area contributed by atoms with Gasteiger partial charge in [-0.05, 0) is 31.7 Å². The van der Waals surface area contributed by atoms with Gasteiger partial charge in [-0.1, -0.05) is 30.3 Å². The van der Waals surface area contributed by atoms with E-state index in [-0.39, 0.29) is 12.4 Å². The van der Waals surface area contributed by atoms with Crippen molar-refractivity contribution in [3.05, 3.63) is 35.9 Å². The molecule has 0 bridgehead atoms. The first kappa shape index (κ1) is 11.9. The lowest BCUT2D eigenvalue weighted by Crippen LogP contribution is -2.32. The van der Waals surface area contributed by atoms with Gasteiger partial charge in [-0.25, -0.2) is 0 Å². The second-order valence-corrected chi connectivity index (χ2v) is 5.45. The van der Waals surface area contributed by atoms with Gasteiger partial charge in [-0.3, -0.25) is 4.90 Å². The summed E-state index contributed by atoms with van der Waals surface area (Å²) in [5, 5.41) is 0. The maximum atomic E-state index is 2.63. The van der Waals surface area contributed by atoms with Crippen LogP contribution in [0.25, 0.3) is 0 Å². The fourth-order valence-electron chi connectivity index (χ4n) is 3.13. The minimum absolute atomic E-state index is 0. The molecule has 1 aromatic carbocycles. The van der Waals surface area contributed by atoms with Crippen LogP contribution in [0.3, 0.4) is 0 Å². The molecule has 0 spiro atoms. The standard InChI is InChI=1S/C14H19N.ClH/c1-11(2)15-9-13-8-14(13,10-15)12-6-4-3-5-7-12;/h3-7,11,13H,8-10H2,1-2H3;1H. The highest BCUT2D eigenvalue weighted by Crippen LogP contribution is 2.59. The van der Waals surface area contributed by atoms with Gasteiger partial charge >= 0.3 is 0 Å². The van der Waals surface area contributed by atoms with Gasteiger partial charge in [0.1, 0.15) is 0 Å². The lowest BCUT2D eigenvalue weighted by molar-refractivity contribution is 0.243. The Morgan fingerprint density at radius 3 is 2.50 bits per heavy atom. The summed E-state index contributed by atoms with van der Waals surface area (Å²) < 4.78 is 0. The molecule has 1 nitrogen and oxygen atoms in total. The van der Waals surface area contributed by atoms with Crippen molar-refractivity contribution in [2.24, 2.45) is 5.92 Å². The van der Waals surface area contributed by atoms with Crippen molar-refractivity contribution in [1.29, 1.82) is 0 Å². The molecular formula is C14H20ClN. The summed E-state index contributed by atoms with van der Waals surface area (Å²) in [6.07, 6.45) is 1.42. The van der Waals surface area contributed by atoms with E-state index in [4.69, 9.17) is 0 Å². The minimum Gasteiger partial charge on any atom is -0.300 e. The summed E-state index contributed by atoms with van der Waals surface area (Å²) in [6.45, 7) is 7.21. The Bertz CT molecular complexity index is 362. The summed E-state index contributed by atoms with van der Waals surface area (Å²) in [5.74, 6) is 0.933. The summed E-state index contributed by atoms with van der Waals surface area (Å²) in [7, 11) is 0. The van der Waals surface area contributed by atoms with E-state index in [1.54, 1.807) is 5.56 Å². The zero-order valence-electron chi connectivity index (χ0n) is 10.0. The van der Waals surface area contributed by atoms with Crippen LogP contribution in [0.4, 0.5) is 0 Å². The van der Waals surface area contributed by atoms with Crippen molar-refractivity contribution in [2.45, 2.75) is 31.7 Å². The van der Waals surface area contributed by atoms with Crippen LogP contribution in [0.5, 0.6) is 0 Å². The topological polar surface area (TPSA) is 3.24 Å². The van der Waals surface area contributed by atoms with E-state index in [0.29, 0.717) is 11.5 Å². The van der Waals surface area contributed by atoms with Crippen LogP contribution in [0.15, 0.2) is 30.3 Å². The van der Waals surface area contributed by atoms with E-state index in [2.05, 4.69) is 49.1 Å². The number of hydrogen-bond donors (Lipinski definition) is 0. The van der Waals surface area contributed by atoms with Crippen LogP contribution >= 0.6 is 12.4 Å². The predicted octanol–water partition coefficient (Wildman–Crippen LogP) is 3.09. The van der Waals surface area contributed by atoms with E-state index in [1.165, 1.54) is 19.5 Å². The minimum atomic E-state index is 0. The highest BCUT2D eigenvalue weighted by Gasteiger charge is 2.60. The molecule has 2 atom stereocenters. The average molecular weight is 238 g/mol. The van der Waals surface area contributed by atoms with Crippen molar-refractivity contribution in [3.63, 3.8) is 0 Å². The Hall–Kier alpha value is -0.530. The quantitative estimate of drug-likeness (QED) is 0.764. The number of piperidine rings is 1. The molecule has 1 heterocycles. The monoisotopic (exact) mass is 237 g/mol. The normalized spacial score (nSPS) is 32.3. The van der Waals surface area contributed by atoms with Gasteiger partial charge in [-0.15, -0.1) is 12.4 Å². The Kier molecular flexibility index (Phi) is 3.02. The van der Waals surface area contributed by atoms with Crippen molar-refractivity contribution in [1.82, 2.24) is 4.90 Å². The maximum Gasteiger partial charge on any atom is 0.0124 e. The Morgan fingerprint density at radius 1 is 1.25 bits per heavy atom. The highest BCUT2D eigenvalue weighted by molar-refractivity contribution is 5.85. The van der Waals surface area contributed by atoms with Crippen LogP contribution in [0.1, 0.15) is 25.8 Å². The molecule has 1 saturated heterocycles. The molecular weight excluding hydrogens is 218 g/mol. The van der Waals surface area contributed by atoms with Crippen LogP contribution in [0.2, 0.25) is 0 Å². The lowest BCUT2D eigenvalue weighted by atomic mass is 9.95. The fraction of sp³-hybridized carbons (Fsp3) is 0.571. The first-order valence-electron chi connectivity index (χ1n) is 6.02. The third kappa shape index (κ3) is 1.66. The Labute approximate surface area is 104 Å². The molecule has 88 valence electrons. The maximum absolute atomic E-state index is 2.63. The molecule has 16 heavy (non-hydrogen) atoms. The number of fused-ring (bicyclic) bond motifs is 1. The van der Waals surface area contributed by atoms with E-state index >= 15 is 0 Å². The molecule has 2 heteroatoms. The zero-order valence-corrected chi connectivity index (χ0v) is 10.8. The Balaban J connectivity index is 0.000000963. The molecule has 1 aromatic rings. The van der Waals surface area contributed by atoms with Gasteiger partial charge in [0, 0.05) is 24.5 Å². The molecule has 2 aliphatic rings. The fourth-order valence-corrected chi connectivity index (χ4v) is 3.13. The van der Waals surface area contributed by atoms with E-state index < -0.39 is 0 Å². The number of likely N-dealkylation sites (tertiary alicyclic amines) is 1. The molecule has 1 aliphatic carbocycles. The molecule has 1 saturated carbocycles. The molecule has 1 aliphatic heterocycles. The third-order valence-electron chi connectivity index (χ3n) is 4.25. The molecule has 0 N–H and O–H groups in total. The molecule has 0 radical (unpaired) electrons. The second kappa shape index (κ2) is 4.05. The number of hydrogen-bond acceptors (Lipinski definition) is 1. The van der Waals surface area contributed by atoms with Gasteiger partial charge in [0.2, 0.25) is 0 Å². The molecule has 2 fully saturated rings. The molecule has 3 rings (SSSR count). The van der Waals surface area contributed by atoms with Gasteiger partial charge in [0.25, 0.3) is 0 Å². The predicted molar refractivity (Wildman–Crippen MR) is 70.2 cm³/mol. The summed E-state index contributed by atoms with van der Waals surface area (Å²) in [5.41, 5.74) is 2.10. The van der Waals surface area contributed by atoms with Gasteiger partial charge in [0.05, 0.1) is 0 Å². The lowest BCUT2D eigenvalue weighted by Gasteiger charge is -2.24. The first-order valence-corrected chi connectivity index (χ1v) is 6.02. The highest BCUT2D eigenvalue weighted by atomic mass is 35.5. The van der Waals surface area contributed by atoms with Crippen molar-refractivity contribution in [2.75, 3.05) is 13.1 Å². The molecule has 2 unspecified atom stereocenters. The summed E-state index contributed by atoms with van der Waals surface area (Å²) >= 11 is 0. The van der Waals surface area contributed by atoms with Crippen LogP contribution in [-0.4, -0.2) is 24.0 Å². The second-order valence-electron chi connectivity index (χ2n) is 5.45. The van der Waals surface area contributed by atoms with E-state index in [9.17, 15) is 0 Å². The van der Waals surface area contributed by atoms with E-state index in [1.807, 2.05) is 0 Å².